The second-order valence-electron chi connectivity index (χ2n) is 4.12. The molecule has 0 bridgehead atoms. The Bertz CT molecular complexity index is 562. The van der Waals surface area contributed by atoms with Crippen LogP contribution in [0.3, 0.4) is 0 Å². The molecule has 1 amide bonds. The van der Waals surface area contributed by atoms with Gasteiger partial charge in [0, 0.05) is 5.69 Å². The fourth-order valence-electron chi connectivity index (χ4n) is 1.80. The molecule has 0 atom stereocenters. The van der Waals surface area contributed by atoms with E-state index < -0.39 is 0 Å². The van der Waals surface area contributed by atoms with E-state index in [9.17, 15) is 4.79 Å². The molecule has 0 fully saturated rings. The molecule has 0 aliphatic heterocycles. The number of carbonyl (C=O) groups is 1. The minimum absolute atomic E-state index is 0.128. The van der Waals surface area contributed by atoms with Gasteiger partial charge in [-0.15, -0.1) is 0 Å². The van der Waals surface area contributed by atoms with Crippen LogP contribution in [0.15, 0.2) is 43.2 Å². The Labute approximate surface area is 106 Å². The SMILES string of the molecule is C=Cc1ccc(NC(=O)c2n(C)cc[n+]2C)cc1. The van der Waals surface area contributed by atoms with Gasteiger partial charge >= 0.3 is 11.7 Å². The number of benzene rings is 1. The standard InChI is InChI=1S/C14H15N3O/c1-4-11-5-7-12(8-6-11)15-13(18)14-16(2)9-10-17(14)3/h4-10H,1H2,2-3H3/p+1. The van der Waals surface area contributed by atoms with E-state index in [1.54, 1.807) is 15.2 Å². The van der Waals surface area contributed by atoms with Crippen molar-refractivity contribution < 1.29 is 9.36 Å². The molecule has 2 aromatic rings. The van der Waals surface area contributed by atoms with Gasteiger partial charge in [0.05, 0.1) is 14.1 Å². The van der Waals surface area contributed by atoms with Gasteiger partial charge in [-0.05, 0) is 17.7 Å². The Morgan fingerprint density at radius 2 is 2.06 bits per heavy atom. The first-order chi connectivity index (χ1) is 8.61. The summed E-state index contributed by atoms with van der Waals surface area (Å²) in [4.78, 5) is 12.1. The van der Waals surface area contributed by atoms with Gasteiger partial charge in [0.15, 0.2) is 0 Å². The number of carbonyl (C=O) groups excluding carboxylic acids is 1. The van der Waals surface area contributed by atoms with Crippen LogP contribution in [0, 0.1) is 0 Å². The lowest BCUT2D eigenvalue weighted by atomic mass is 10.2. The van der Waals surface area contributed by atoms with Crippen molar-refractivity contribution >= 4 is 17.7 Å². The van der Waals surface area contributed by atoms with E-state index in [-0.39, 0.29) is 5.91 Å². The van der Waals surface area contributed by atoms with Gasteiger partial charge in [0.2, 0.25) is 0 Å². The van der Waals surface area contributed by atoms with E-state index in [2.05, 4.69) is 11.9 Å². The van der Waals surface area contributed by atoms with Crippen LogP contribution in [0.4, 0.5) is 5.69 Å². The Kier molecular flexibility index (Phi) is 3.28. The summed E-state index contributed by atoms with van der Waals surface area (Å²) < 4.78 is 3.57. The maximum atomic E-state index is 12.1. The van der Waals surface area contributed by atoms with Crippen molar-refractivity contribution in [1.82, 2.24) is 4.57 Å². The largest absolute Gasteiger partial charge is 0.347 e. The summed E-state index contributed by atoms with van der Waals surface area (Å²) >= 11 is 0. The van der Waals surface area contributed by atoms with E-state index in [4.69, 9.17) is 0 Å². The molecule has 2 rings (SSSR count). The number of nitrogens with one attached hydrogen (secondary N) is 1. The summed E-state index contributed by atoms with van der Waals surface area (Å²) in [7, 11) is 3.69. The Morgan fingerprint density at radius 1 is 1.39 bits per heavy atom. The predicted octanol–water partition coefficient (Wildman–Crippen LogP) is 1.74. The van der Waals surface area contributed by atoms with Gasteiger partial charge in [-0.2, -0.15) is 0 Å². The second-order valence-corrected chi connectivity index (χ2v) is 4.12. The topological polar surface area (TPSA) is 37.9 Å². The molecule has 1 N–H and O–H groups in total. The van der Waals surface area contributed by atoms with Gasteiger partial charge < -0.3 is 5.32 Å². The summed E-state index contributed by atoms with van der Waals surface area (Å²) in [6.07, 6.45) is 5.45. The van der Waals surface area contributed by atoms with E-state index in [1.807, 2.05) is 50.8 Å². The highest BCUT2D eigenvalue weighted by Crippen LogP contribution is 2.11. The number of anilines is 1. The number of nitrogens with zero attached hydrogens (tertiary/aromatic N) is 2. The summed E-state index contributed by atoms with van der Waals surface area (Å²) in [6.45, 7) is 3.69. The number of imidazole rings is 1. The van der Waals surface area contributed by atoms with Crippen LogP contribution >= 0.6 is 0 Å². The quantitative estimate of drug-likeness (QED) is 0.818. The predicted molar refractivity (Wildman–Crippen MR) is 71.1 cm³/mol. The third-order valence-corrected chi connectivity index (χ3v) is 2.79. The highest BCUT2D eigenvalue weighted by molar-refractivity contribution is 6.00. The Balaban J connectivity index is 2.18. The molecule has 0 aliphatic carbocycles. The molecule has 4 nitrogen and oxygen atoms in total. The molecule has 4 heteroatoms. The lowest BCUT2D eigenvalue weighted by Gasteiger charge is -2.03. The molecule has 18 heavy (non-hydrogen) atoms. The first kappa shape index (κ1) is 12.1. The van der Waals surface area contributed by atoms with Crippen molar-refractivity contribution in [2.24, 2.45) is 14.1 Å². The van der Waals surface area contributed by atoms with Crippen LogP contribution in [-0.2, 0) is 14.1 Å². The summed E-state index contributed by atoms with van der Waals surface area (Å²) in [5, 5.41) is 2.86. The highest BCUT2D eigenvalue weighted by Gasteiger charge is 2.20. The van der Waals surface area contributed by atoms with Crippen molar-refractivity contribution in [3.63, 3.8) is 0 Å². The number of aryl methyl sites for hydroxylation is 2. The van der Waals surface area contributed by atoms with Gasteiger partial charge in [0.25, 0.3) is 0 Å². The highest BCUT2D eigenvalue weighted by atomic mass is 16.2. The minimum Gasteiger partial charge on any atom is -0.315 e. The first-order valence-electron chi connectivity index (χ1n) is 5.66. The zero-order valence-electron chi connectivity index (χ0n) is 10.6. The summed E-state index contributed by atoms with van der Waals surface area (Å²) in [5.74, 6) is 0.471. The Hall–Kier alpha value is -2.36. The van der Waals surface area contributed by atoms with Gasteiger partial charge in [-0.1, -0.05) is 24.8 Å². The van der Waals surface area contributed by atoms with Crippen LogP contribution in [0.1, 0.15) is 16.2 Å². The normalized spacial score (nSPS) is 10.1. The number of hydrogen-bond donors (Lipinski definition) is 1. The number of aromatic nitrogens is 2. The molecule has 1 aromatic heterocycles. The van der Waals surface area contributed by atoms with E-state index in [0.717, 1.165) is 11.3 Å². The molecule has 0 radical (unpaired) electrons. The lowest BCUT2D eigenvalue weighted by Crippen LogP contribution is -2.37. The third kappa shape index (κ3) is 2.32. The first-order valence-corrected chi connectivity index (χ1v) is 5.66. The maximum Gasteiger partial charge on any atom is 0.347 e. The van der Waals surface area contributed by atoms with Crippen molar-refractivity contribution in [3.05, 3.63) is 54.6 Å². The molecule has 1 aromatic carbocycles. The molecule has 0 saturated heterocycles. The van der Waals surface area contributed by atoms with Crippen LogP contribution < -0.4 is 9.88 Å². The van der Waals surface area contributed by atoms with Gasteiger partial charge in [-0.3, -0.25) is 4.79 Å². The number of amides is 1. The summed E-state index contributed by atoms with van der Waals surface area (Å²) in [6, 6.07) is 7.54. The van der Waals surface area contributed by atoms with Crippen LogP contribution in [0.2, 0.25) is 0 Å². The average Bonchev–Trinajstić information content (AvgIpc) is 2.70. The molecule has 0 aliphatic rings. The molecular weight excluding hydrogens is 226 g/mol. The number of hydrogen-bond acceptors (Lipinski definition) is 1. The van der Waals surface area contributed by atoms with E-state index in [1.165, 1.54) is 0 Å². The van der Waals surface area contributed by atoms with Crippen LogP contribution in [0.5, 0.6) is 0 Å². The molecule has 0 unspecified atom stereocenters. The molecule has 1 heterocycles. The fraction of sp³-hybridized carbons (Fsp3) is 0.143. The monoisotopic (exact) mass is 242 g/mol. The lowest BCUT2D eigenvalue weighted by molar-refractivity contribution is -0.672. The fourth-order valence-corrected chi connectivity index (χ4v) is 1.80. The van der Waals surface area contributed by atoms with Gasteiger partial charge in [-0.25, -0.2) is 9.13 Å². The zero-order chi connectivity index (χ0) is 13.1. The average molecular weight is 242 g/mol. The summed E-state index contributed by atoms with van der Waals surface area (Å²) in [5.41, 5.74) is 1.80. The van der Waals surface area contributed by atoms with Crippen molar-refractivity contribution in [1.29, 1.82) is 0 Å². The molecule has 0 spiro atoms. The van der Waals surface area contributed by atoms with Gasteiger partial charge in [0.1, 0.15) is 12.4 Å². The Morgan fingerprint density at radius 3 is 2.56 bits per heavy atom. The smallest absolute Gasteiger partial charge is 0.315 e. The van der Waals surface area contributed by atoms with Crippen LogP contribution in [-0.4, -0.2) is 10.5 Å². The third-order valence-electron chi connectivity index (χ3n) is 2.79. The maximum absolute atomic E-state index is 12.1. The van der Waals surface area contributed by atoms with Crippen LogP contribution in [0.25, 0.3) is 6.08 Å². The zero-order valence-corrected chi connectivity index (χ0v) is 10.6. The van der Waals surface area contributed by atoms with Crippen molar-refractivity contribution in [3.8, 4) is 0 Å². The molecular formula is C14H16N3O+. The second kappa shape index (κ2) is 4.87. The number of rotatable bonds is 3. The van der Waals surface area contributed by atoms with Crippen molar-refractivity contribution in [2.45, 2.75) is 0 Å². The molecule has 92 valence electrons. The van der Waals surface area contributed by atoms with Crippen molar-refractivity contribution in [2.75, 3.05) is 5.32 Å². The van der Waals surface area contributed by atoms with E-state index in [0.29, 0.717) is 5.82 Å². The molecule has 0 saturated carbocycles. The van der Waals surface area contributed by atoms with E-state index >= 15 is 0 Å². The minimum atomic E-state index is -0.128.